The van der Waals surface area contributed by atoms with Gasteiger partial charge in [0.2, 0.25) is 0 Å². The van der Waals surface area contributed by atoms with Gasteiger partial charge in [-0.15, -0.1) is 11.3 Å². The minimum atomic E-state index is 0.763. The Labute approximate surface area is 124 Å². The highest BCUT2D eigenvalue weighted by Gasteiger charge is 2.29. The van der Waals surface area contributed by atoms with Crippen molar-refractivity contribution in [3.8, 4) is 0 Å². The van der Waals surface area contributed by atoms with Crippen LogP contribution in [0.5, 0.6) is 0 Å². The van der Waals surface area contributed by atoms with Crippen LogP contribution in [0.4, 0.5) is 0 Å². The minimum absolute atomic E-state index is 0.763. The van der Waals surface area contributed by atoms with E-state index in [1.54, 1.807) is 0 Å². The number of nitrogens with zero attached hydrogens (tertiary/aromatic N) is 1. The summed E-state index contributed by atoms with van der Waals surface area (Å²) in [4.78, 5) is 4.04. The maximum atomic E-state index is 5.80. The van der Waals surface area contributed by atoms with E-state index >= 15 is 0 Å². The number of furan rings is 1. The zero-order valence-electron chi connectivity index (χ0n) is 12.2. The zero-order chi connectivity index (χ0) is 13.9. The molecule has 3 rings (SSSR count). The number of thiophene rings is 1. The normalized spacial score (nSPS) is 15.2. The van der Waals surface area contributed by atoms with E-state index in [0.29, 0.717) is 0 Å². The van der Waals surface area contributed by atoms with Gasteiger partial charge in [0, 0.05) is 29.6 Å². The number of nitrogens with one attached hydrogen (secondary N) is 1. The van der Waals surface area contributed by atoms with Crippen LogP contribution in [-0.4, -0.2) is 18.0 Å². The summed E-state index contributed by atoms with van der Waals surface area (Å²) in [5.41, 5.74) is 1.33. The maximum Gasteiger partial charge on any atom is 0.118 e. The summed E-state index contributed by atoms with van der Waals surface area (Å²) in [7, 11) is 1.95. The lowest BCUT2D eigenvalue weighted by Crippen LogP contribution is -2.24. The second-order valence-electron chi connectivity index (χ2n) is 5.54. The van der Waals surface area contributed by atoms with Crippen molar-refractivity contribution in [3.63, 3.8) is 0 Å². The predicted molar refractivity (Wildman–Crippen MR) is 82.8 cm³/mol. The molecule has 0 aliphatic heterocycles. The van der Waals surface area contributed by atoms with Gasteiger partial charge in [-0.3, -0.25) is 4.90 Å². The Balaban J connectivity index is 1.69. The van der Waals surface area contributed by atoms with Gasteiger partial charge in [-0.1, -0.05) is 6.07 Å². The van der Waals surface area contributed by atoms with Gasteiger partial charge in [-0.25, -0.2) is 0 Å². The highest BCUT2D eigenvalue weighted by atomic mass is 32.1. The molecule has 1 fully saturated rings. The summed E-state index contributed by atoms with van der Waals surface area (Å²) >= 11 is 1.85. The van der Waals surface area contributed by atoms with Crippen LogP contribution < -0.4 is 5.32 Å². The summed E-state index contributed by atoms with van der Waals surface area (Å²) in [6.07, 6.45) is 2.68. The van der Waals surface area contributed by atoms with Crippen molar-refractivity contribution in [2.45, 2.75) is 45.4 Å². The molecule has 0 saturated heterocycles. The first-order valence-electron chi connectivity index (χ1n) is 7.25. The lowest BCUT2D eigenvalue weighted by atomic mass is 10.2. The van der Waals surface area contributed by atoms with Gasteiger partial charge in [0.15, 0.2) is 0 Å². The van der Waals surface area contributed by atoms with Crippen LogP contribution >= 0.6 is 11.3 Å². The van der Waals surface area contributed by atoms with Crippen molar-refractivity contribution in [3.05, 3.63) is 45.5 Å². The van der Waals surface area contributed by atoms with Gasteiger partial charge in [0.1, 0.15) is 11.5 Å². The Morgan fingerprint density at radius 2 is 2.25 bits per heavy atom. The van der Waals surface area contributed by atoms with Gasteiger partial charge in [-0.2, -0.15) is 0 Å². The van der Waals surface area contributed by atoms with E-state index in [1.807, 2.05) is 18.4 Å². The Morgan fingerprint density at radius 1 is 1.40 bits per heavy atom. The fourth-order valence-corrected chi connectivity index (χ4v) is 3.31. The maximum absolute atomic E-state index is 5.80. The van der Waals surface area contributed by atoms with Crippen molar-refractivity contribution in [1.29, 1.82) is 0 Å². The van der Waals surface area contributed by atoms with Crippen molar-refractivity contribution in [2.75, 3.05) is 7.05 Å². The molecule has 2 aromatic heterocycles. The summed E-state index contributed by atoms with van der Waals surface area (Å²) in [6.45, 7) is 4.94. The van der Waals surface area contributed by atoms with E-state index in [-0.39, 0.29) is 0 Å². The molecule has 0 amide bonds. The van der Waals surface area contributed by atoms with Crippen LogP contribution in [0.3, 0.4) is 0 Å². The molecule has 1 aliphatic rings. The lowest BCUT2D eigenvalue weighted by Gasteiger charge is -2.20. The molecule has 4 heteroatoms. The van der Waals surface area contributed by atoms with Crippen LogP contribution in [0.2, 0.25) is 0 Å². The van der Waals surface area contributed by atoms with Crippen LogP contribution in [0.25, 0.3) is 0 Å². The summed E-state index contributed by atoms with van der Waals surface area (Å²) in [5, 5.41) is 5.30. The molecule has 1 N–H and O–H groups in total. The van der Waals surface area contributed by atoms with E-state index in [4.69, 9.17) is 4.42 Å². The number of hydrogen-bond donors (Lipinski definition) is 1. The first kappa shape index (κ1) is 13.9. The third kappa shape index (κ3) is 3.32. The third-order valence-electron chi connectivity index (χ3n) is 3.80. The average Bonchev–Trinajstić information content (AvgIpc) is 3.05. The third-order valence-corrected chi connectivity index (χ3v) is 4.66. The summed E-state index contributed by atoms with van der Waals surface area (Å²) < 4.78 is 5.80. The molecule has 1 saturated carbocycles. The van der Waals surface area contributed by atoms with E-state index in [1.165, 1.54) is 23.3 Å². The monoisotopic (exact) mass is 290 g/mol. The van der Waals surface area contributed by atoms with E-state index in [9.17, 15) is 0 Å². The zero-order valence-corrected chi connectivity index (χ0v) is 13.0. The molecular formula is C16H22N2OS. The Bertz CT molecular complexity index is 543. The van der Waals surface area contributed by atoms with Crippen LogP contribution in [0, 0.1) is 6.92 Å². The molecule has 0 spiro atoms. The Morgan fingerprint density at radius 3 is 2.90 bits per heavy atom. The smallest absolute Gasteiger partial charge is 0.118 e. The summed E-state index contributed by atoms with van der Waals surface area (Å²) in [5.74, 6) is 2.10. The standard InChI is InChI=1S/C16H22N2OS/c1-12-13(8-15(19-12)9-17-2)10-18(14-5-6-14)11-16-4-3-7-20-16/h3-4,7-8,14,17H,5-6,9-11H2,1-2H3. The number of hydrogen-bond acceptors (Lipinski definition) is 4. The van der Waals surface area contributed by atoms with E-state index < -0.39 is 0 Å². The molecule has 1 aliphatic carbocycles. The molecule has 108 valence electrons. The van der Waals surface area contributed by atoms with Crippen molar-refractivity contribution < 1.29 is 4.42 Å². The number of aryl methyl sites for hydroxylation is 1. The van der Waals surface area contributed by atoms with Crippen molar-refractivity contribution >= 4 is 11.3 Å². The van der Waals surface area contributed by atoms with Crippen LogP contribution in [-0.2, 0) is 19.6 Å². The molecule has 2 heterocycles. The minimum Gasteiger partial charge on any atom is -0.465 e. The lowest BCUT2D eigenvalue weighted by molar-refractivity contribution is 0.246. The SMILES string of the molecule is CNCc1cc(CN(Cc2cccs2)C2CC2)c(C)o1. The highest BCUT2D eigenvalue weighted by Crippen LogP contribution is 2.31. The molecule has 2 aromatic rings. The van der Waals surface area contributed by atoms with Gasteiger partial charge in [0.25, 0.3) is 0 Å². The van der Waals surface area contributed by atoms with Crippen LogP contribution in [0.15, 0.2) is 28.0 Å². The number of rotatable bonds is 7. The second-order valence-corrected chi connectivity index (χ2v) is 6.57. The largest absolute Gasteiger partial charge is 0.465 e. The second kappa shape index (κ2) is 6.12. The molecule has 3 nitrogen and oxygen atoms in total. The molecule has 0 atom stereocenters. The molecule has 0 radical (unpaired) electrons. The van der Waals surface area contributed by atoms with Gasteiger partial charge >= 0.3 is 0 Å². The molecule has 0 unspecified atom stereocenters. The molecular weight excluding hydrogens is 268 g/mol. The molecule has 0 bridgehead atoms. The Hall–Kier alpha value is -1.10. The van der Waals surface area contributed by atoms with Gasteiger partial charge in [0.05, 0.1) is 6.54 Å². The summed E-state index contributed by atoms with van der Waals surface area (Å²) in [6, 6.07) is 7.34. The first-order valence-corrected chi connectivity index (χ1v) is 8.13. The quantitative estimate of drug-likeness (QED) is 0.845. The van der Waals surface area contributed by atoms with E-state index in [0.717, 1.165) is 37.2 Å². The topological polar surface area (TPSA) is 28.4 Å². The van der Waals surface area contributed by atoms with Crippen LogP contribution in [0.1, 0.15) is 34.8 Å². The van der Waals surface area contributed by atoms with Crippen molar-refractivity contribution in [2.24, 2.45) is 0 Å². The first-order chi connectivity index (χ1) is 9.76. The average molecular weight is 290 g/mol. The van der Waals surface area contributed by atoms with Gasteiger partial charge in [-0.05, 0) is 44.3 Å². The van der Waals surface area contributed by atoms with Gasteiger partial charge < -0.3 is 9.73 Å². The Kier molecular flexibility index (Phi) is 4.24. The van der Waals surface area contributed by atoms with Crippen molar-refractivity contribution in [1.82, 2.24) is 10.2 Å². The van der Waals surface area contributed by atoms with E-state index in [2.05, 4.69) is 40.7 Å². The molecule has 0 aromatic carbocycles. The highest BCUT2D eigenvalue weighted by molar-refractivity contribution is 7.09. The predicted octanol–water partition coefficient (Wildman–Crippen LogP) is 3.53. The molecule has 20 heavy (non-hydrogen) atoms. The fraction of sp³-hybridized carbons (Fsp3) is 0.500. The fourth-order valence-electron chi connectivity index (χ4n) is 2.58.